The molecule has 0 atom stereocenters. The number of aromatic nitrogens is 1. The quantitative estimate of drug-likeness (QED) is 0.879. The second-order valence-electron chi connectivity index (χ2n) is 5.39. The lowest BCUT2D eigenvalue weighted by Gasteiger charge is -2.19. The van der Waals surface area contributed by atoms with Crippen LogP contribution in [0.3, 0.4) is 0 Å². The molecule has 0 amide bonds. The van der Waals surface area contributed by atoms with E-state index in [0.29, 0.717) is 23.7 Å². The molecule has 19 heavy (non-hydrogen) atoms. The predicted octanol–water partition coefficient (Wildman–Crippen LogP) is 4.46. The Balaban J connectivity index is 1.80. The number of hydrogen-bond acceptors (Lipinski definition) is 2. The third-order valence-corrected chi connectivity index (χ3v) is 4.37. The maximum atomic E-state index is 12.8. The van der Waals surface area contributed by atoms with E-state index in [1.807, 2.05) is 0 Å². The predicted molar refractivity (Wildman–Crippen MR) is 69.8 cm³/mol. The number of alkyl halides is 3. The maximum Gasteiger partial charge on any atom is 0.417 e. The average molecular weight is 335 g/mol. The Bertz CT molecular complexity index is 469. The fourth-order valence-electron chi connectivity index (χ4n) is 2.44. The first-order valence-corrected chi connectivity index (χ1v) is 7.24. The van der Waals surface area contributed by atoms with Gasteiger partial charge in [-0.25, -0.2) is 4.98 Å². The molecule has 0 bridgehead atoms. The summed E-state index contributed by atoms with van der Waals surface area (Å²) >= 11 is 2.90. The Morgan fingerprint density at radius 1 is 1.21 bits per heavy atom. The van der Waals surface area contributed by atoms with Gasteiger partial charge in [-0.2, -0.15) is 13.2 Å². The van der Waals surface area contributed by atoms with Gasteiger partial charge in [0.2, 0.25) is 0 Å². The minimum Gasteiger partial charge on any atom is -0.367 e. The van der Waals surface area contributed by atoms with E-state index in [9.17, 15) is 13.2 Å². The Hall–Kier alpha value is -0.780. The van der Waals surface area contributed by atoms with Crippen LogP contribution in [0, 0.1) is 11.8 Å². The smallest absolute Gasteiger partial charge is 0.367 e. The van der Waals surface area contributed by atoms with Crippen LogP contribution in [0.4, 0.5) is 19.0 Å². The second-order valence-corrected chi connectivity index (χ2v) is 6.25. The van der Waals surface area contributed by atoms with Crippen molar-refractivity contribution >= 4 is 21.7 Å². The summed E-state index contributed by atoms with van der Waals surface area (Å²) in [5, 5.41) is 3.21. The van der Waals surface area contributed by atoms with E-state index in [2.05, 4.69) is 26.2 Å². The van der Waals surface area contributed by atoms with E-state index in [1.54, 1.807) is 0 Å². The molecule has 6 heteroatoms. The monoisotopic (exact) mass is 334 g/mol. The van der Waals surface area contributed by atoms with Gasteiger partial charge in [-0.15, -0.1) is 0 Å². The molecule has 2 nitrogen and oxygen atoms in total. The molecule has 1 N–H and O–H groups in total. The van der Waals surface area contributed by atoms with E-state index in [-0.39, 0.29) is 4.47 Å². The molecule has 0 aromatic carbocycles. The highest BCUT2D eigenvalue weighted by Crippen LogP contribution is 2.46. The number of anilines is 1. The van der Waals surface area contributed by atoms with Crippen LogP contribution in [0.1, 0.15) is 31.2 Å². The van der Waals surface area contributed by atoms with Crippen molar-refractivity contribution in [2.75, 3.05) is 5.32 Å². The highest BCUT2D eigenvalue weighted by atomic mass is 79.9. The summed E-state index contributed by atoms with van der Waals surface area (Å²) in [5.41, 5.74) is -0.671. The minimum atomic E-state index is -4.35. The summed E-state index contributed by atoms with van der Waals surface area (Å²) < 4.78 is 38.5. The van der Waals surface area contributed by atoms with E-state index < -0.39 is 11.7 Å². The SMILES string of the molecule is FC(F)(F)c1cc(NC(C2CC2)C2CC2)ncc1Br. The lowest BCUT2D eigenvalue weighted by atomic mass is 10.1. The van der Waals surface area contributed by atoms with Crippen molar-refractivity contribution < 1.29 is 13.2 Å². The molecule has 1 heterocycles. The third kappa shape index (κ3) is 3.04. The van der Waals surface area contributed by atoms with Gasteiger partial charge in [0.15, 0.2) is 0 Å². The summed E-state index contributed by atoms with van der Waals surface area (Å²) in [7, 11) is 0. The fraction of sp³-hybridized carbons (Fsp3) is 0.615. The van der Waals surface area contributed by atoms with E-state index >= 15 is 0 Å². The van der Waals surface area contributed by atoms with Gasteiger partial charge in [-0.1, -0.05) is 0 Å². The van der Waals surface area contributed by atoms with Crippen LogP contribution in [-0.2, 0) is 6.18 Å². The van der Waals surface area contributed by atoms with Crippen LogP contribution in [0.5, 0.6) is 0 Å². The summed E-state index contributed by atoms with van der Waals surface area (Å²) in [6, 6.07) is 1.40. The van der Waals surface area contributed by atoms with Gasteiger partial charge in [0.25, 0.3) is 0 Å². The zero-order chi connectivity index (χ0) is 13.6. The molecule has 2 saturated carbocycles. The molecular weight excluding hydrogens is 321 g/mol. The Kier molecular flexibility index (Phi) is 3.23. The van der Waals surface area contributed by atoms with Gasteiger partial charge in [-0.05, 0) is 59.5 Å². The molecule has 0 spiro atoms. The van der Waals surface area contributed by atoms with Crippen molar-refractivity contribution in [2.24, 2.45) is 11.8 Å². The molecule has 0 radical (unpaired) electrons. The summed E-state index contributed by atoms with van der Waals surface area (Å²) in [6.07, 6.45) is 1.58. The van der Waals surface area contributed by atoms with Gasteiger partial charge in [-0.3, -0.25) is 0 Å². The van der Waals surface area contributed by atoms with Gasteiger partial charge < -0.3 is 5.32 Å². The first-order chi connectivity index (χ1) is 8.95. The summed E-state index contributed by atoms with van der Waals surface area (Å²) in [4.78, 5) is 4.05. The lowest BCUT2D eigenvalue weighted by molar-refractivity contribution is -0.138. The van der Waals surface area contributed by atoms with Gasteiger partial charge in [0, 0.05) is 16.7 Å². The normalized spacial score (nSPS) is 19.8. The van der Waals surface area contributed by atoms with E-state index in [0.717, 1.165) is 6.07 Å². The standard InChI is InChI=1S/C13H14BrF3N2/c14-10-6-18-11(5-9(10)13(15,16)17)19-12(7-1-2-7)8-3-4-8/h5-8,12H,1-4H2,(H,18,19). The van der Waals surface area contributed by atoms with E-state index in [1.165, 1.54) is 31.9 Å². The van der Waals surface area contributed by atoms with Crippen LogP contribution in [0.15, 0.2) is 16.7 Å². The van der Waals surface area contributed by atoms with Crippen LogP contribution < -0.4 is 5.32 Å². The minimum absolute atomic E-state index is 0.0139. The van der Waals surface area contributed by atoms with Gasteiger partial charge in [0.05, 0.1) is 5.56 Å². The maximum absolute atomic E-state index is 12.8. The van der Waals surface area contributed by atoms with Crippen LogP contribution in [-0.4, -0.2) is 11.0 Å². The molecule has 0 aliphatic heterocycles. The molecular formula is C13H14BrF3N2. The molecule has 1 aromatic heterocycles. The Labute approximate surface area is 117 Å². The molecule has 0 unspecified atom stereocenters. The number of pyridine rings is 1. The van der Waals surface area contributed by atoms with Crippen molar-refractivity contribution in [3.63, 3.8) is 0 Å². The third-order valence-electron chi connectivity index (χ3n) is 3.74. The van der Waals surface area contributed by atoms with Crippen molar-refractivity contribution in [2.45, 2.75) is 37.9 Å². The number of halogens is 4. The number of nitrogens with one attached hydrogen (secondary N) is 1. The molecule has 104 valence electrons. The highest BCUT2D eigenvalue weighted by molar-refractivity contribution is 9.10. The first kappa shape index (κ1) is 13.2. The summed E-state index contributed by atoms with van der Waals surface area (Å²) in [5.74, 6) is 1.57. The molecule has 2 aliphatic rings. The molecule has 0 saturated heterocycles. The van der Waals surface area contributed by atoms with Gasteiger partial charge >= 0.3 is 6.18 Å². The average Bonchev–Trinajstić information content (AvgIpc) is 3.19. The molecule has 2 aliphatic carbocycles. The van der Waals surface area contributed by atoms with Crippen LogP contribution >= 0.6 is 15.9 Å². The van der Waals surface area contributed by atoms with Gasteiger partial charge in [0.1, 0.15) is 5.82 Å². The Morgan fingerprint density at radius 3 is 2.26 bits per heavy atom. The topological polar surface area (TPSA) is 24.9 Å². The number of rotatable bonds is 4. The Morgan fingerprint density at radius 2 is 1.79 bits per heavy atom. The first-order valence-electron chi connectivity index (χ1n) is 6.44. The van der Waals surface area contributed by atoms with Crippen molar-refractivity contribution in [1.29, 1.82) is 0 Å². The fourth-order valence-corrected chi connectivity index (χ4v) is 2.88. The molecule has 2 fully saturated rings. The number of nitrogens with zero attached hydrogens (tertiary/aromatic N) is 1. The second kappa shape index (κ2) is 4.65. The van der Waals surface area contributed by atoms with Crippen LogP contribution in [0.2, 0.25) is 0 Å². The van der Waals surface area contributed by atoms with Crippen LogP contribution in [0.25, 0.3) is 0 Å². The van der Waals surface area contributed by atoms with Crippen molar-refractivity contribution in [1.82, 2.24) is 4.98 Å². The molecule has 1 aromatic rings. The highest BCUT2D eigenvalue weighted by Gasteiger charge is 2.42. The van der Waals surface area contributed by atoms with Crippen molar-refractivity contribution in [3.8, 4) is 0 Å². The largest absolute Gasteiger partial charge is 0.417 e. The zero-order valence-corrected chi connectivity index (χ0v) is 11.8. The zero-order valence-electron chi connectivity index (χ0n) is 10.2. The van der Waals surface area contributed by atoms with Crippen molar-refractivity contribution in [3.05, 3.63) is 22.3 Å². The molecule has 3 rings (SSSR count). The van der Waals surface area contributed by atoms with E-state index in [4.69, 9.17) is 0 Å². The lowest BCUT2D eigenvalue weighted by Crippen LogP contribution is -2.25. The summed E-state index contributed by atoms with van der Waals surface area (Å²) in [6.45, 7) is 0. The number of hydrogen-bond donors (Lipinski definition) is 1.